The maximum Gasteiger partial charge on any atom is 0.113 e. The van der Waals surface area contributed by atoms with E-state index in [1.165, 1.54) is 42.5 Å². The number of nitrogens with zero attached hydrogens (tertiary/aromatic N) is 5. The molecule has 3 aromatic rings. The number of aryl methyl sites for hydroxylation is 1. The number of anilines is 1. The molecule has 0 N–H and O–H groups in total. The highest BCUT2D eigenvalue weighted by Crippen LogP contribution is 2.29. The molecule has 2 saturated heterocycles. The zero-order chi connectivity index (χ0) is 23.3. The van der Waals surface area contributed by atoms with Crippen LogP contribution >= 0.6 is 0 Å². The van der Waals surface area contributed by atoms with Crippen LogP contribution in [0.2, 0.25) is 0 Å². The highest BCUT2D eigenvalue weighted by Gasteiger charge is 2.24. The van der Waals surface area contributed by atoms with E-state index in [2.05, 4.69) is 88.8 Å². The van der Waals surface area contributed by atoms with Crippen LogP contribution in [0.3, 0.4) is 0 Å². The number of likely N-dealkylation sites (N-methyl/N-ethyl adjacent to an activating group) is 1. The number of rotatable bonds is 7. The van der Waals surface area contributed by atoms with Gasteiger partial charge in [-0.05, 0) is 69.3 Å². The molecule has 0 bridgehead atoms. The van der Waals surface area contributed by atoms with Crippen LogP contribution in [0.4, 0.5) is 5.69 Å². The lowest BCUT2D eigenvalue weighted by Gasteiger charge is -2.39. The molecular formula is C28H37N5O. The molecule has 1 aromatic heterocycles. The first-order chi connectivity index (χ1) is 16.7. The summed E-state index contributed by atoms with van der Waals surface area (Å²) in [6, 6.07) is 18.1. The molecule has 0 radical (unpaired) electrons. The quantitative estimate of drug-likeness (QED) is 0.502. The van der Waals surface area contributed by atoms with Crippen LogP contribution in [-0.4, -0.2) is 58.8 Å². The zero-order valence-corrected chi connectivity index (χ0v) is 20.6. The third kappa shape index (κ3) is 5.50. The van der Waals surface area contributed by atoms with Gasteiger partial charge in [-0.15, -0.1) is 5.10 Å². The van der Waals surface area contributed by atoms with Gasteiger partial charge in [-0.1, -0.05) is 41.6 Å². The molecule has 0 amide bonds. The van der Waals surface area contributed by atoms with E-state index in [0.29, 0.717) is 6.04 Å². The lowest BCUT2D eigenvalue weighted by atomic mass is 10.0. The molecule has 2 aliphatic rings. The van der Waals surface area contributed by atoms with Crippen molar-refractivity contribution in [3.8, 4) is 11.3 Å². The molecule has 2 aliphatic heterocycles. The van der Waals surface area contributed by atoms with E-state index in [4.69, 9.17) is 4.74 Å². The molecule has 6 heteroatoms. The van der Waals surface area contributed by atoms with Crippen molar-refractivity contribution in [2.24, 2.45) is 0 Å². The minimum Gasteiger partial charge on any atom is -0.376 e. The highest BCUT2D eigenvalue weighted by molar-refractivity contribution is 5.67. The van der Waals surface area contributed by atoms with Crippen LogP contribution in [0.25, 0.3) is 11.3 Å². The third-order valence-electron chi connectivity index (χ3n) is 7.35. The van der Waals surface area contributed by atoms with Crippen molar-refractivity contribution >= 4 is 5.69 Å². The molecule has 34 heavy (non-hydrogen) atoms. The van der Waals surface area contributed by atoms with E-state index in [1.54, 1.807) is 0 Å². The molecule has 0 aliphatic carbocycles. The summed E-state index contributed by atoms with van der Waals surface area (Å²) in [6.45, 7) is 7.03. The molecule has 0 saturated carbocycles. The number of hydrogen-bond donors (Lipinski definition) is 0. The average Bonchev–Trinajstić information content (AvgIpc) is 3.33. The summed E-state index contributed by atoms with van der Waals surface area (Å²) >= 11 is 0. The maximum atomic E-state index is 5.86. The standard InChI is InChI=1S/C28H37N5O/c1-22-17-24(32-15-8-11-25(19-32)31(2)18-23-9-4-3-5-10-23)13-14-27(22)28-21-33(30-29-28)20-26-12-6-7-16-34-26/h3-5,9-10,13-14,17,21,25-26H,6-8,11-12,15-16,18-20H2,1-2H3/t25-,26+/m0/s1. The summed E-state index contributed by atoms with van der Waals surface area (Å²) < 4.78 is 7.81. The number of aromatic nitrogens is 3. The van der Waals surface area contributed by atoms with Gasteiger partial charge in [0.2, 0.25) is 0 Å². The van der Waals surface area contributed by atoms with Gasteiger partial charge in [-0.2, -0.15) is 0 Å². The van der Waals surface area contributed by atoms with Crippen molar-refractivity contribution in [1.29, 1.82) is 0 Å². The summed E-state index contributed by atoms with van der Waals surface area (Å²) in [7, 11) is 2.26. The summed E-state index contributed by atoms with van der Waals surface area (Å²) in [5.41, 5.74) is 6.04. The molecule has 2 fully saturated rings. The Hall–Kier alpha value is -2.70. The van der Waals surface area contributed by atoms with Gasteiger partial charge in [0, 0.05) is 43.5 Å². The molecule has 2 aromatic carbocycles. The van der Waals surface area contributed by atoms with Gasteiger partial charge >= 0.3 is 0 Å². The van der Waals surface area contributed by atoms with E-state index in [0.717, 1.165) is 50.5 Å². The SMILES string of the molecule is Cc1cc(N2CCC[C@H](N(C)Cc3ccccc3)C2)ccc1-c1cn(C[C@H]2CCCCO2)nn1. The van der Waals surface area contributed by atoms with E-state index in [1.807, 2.05) is 4.68 Å². The van der Waals surface area contributed by atoms with Gasteiger partial charge in [0.25, 0.3) is 0 Å². The van der Waals surface area contributed by atoms with Crippen molar-refractivity contribution < 1.29 is 4.74 Å². The first-order valence-corrected chi connectivity index (χ1v) is 12.8. The Morgan fingerprint density at radius 3 is 2.74 bits per heavy atom. The van der Waals surface area contributed by atoms with Gasteiger partial charge in [0.15, 0.2) is 0 Å². The molecule has 0 unspecified atom stereocenters. The second-order valence-electron chi connectivity index (χ2n) is 9.96. The Bertz CT molecular complexity index is 1060. The molecule has 180 valence electrons. The minimum atomic E-state index is 0.263. The fourth-order valence-corrected chi connectivity index (χ4v) is 5.35. The van der Waals surface area contributed by atoms with Crippen molar-refractivity contribution in [1.82, 2.24) is 19.9 Å². The van der Waals surface area contributed by atoms with Gasteiger partial charge in [0.05, 0.1) is 18.8 Å². The van der Waals surface area contributed by atoms with Crippen LogP contribution in [0.1, 0.15) is 43.2 Å². The fourth-order valence-electron chi connectivity index (χ4n) is 5.35. The van der Waals surface area contributed by atoms with E-state index < -0.39 is 0 Å². The second kappa shape index (κ2) is 10.7. The van der Waals surface area contributed by atoms with Crippen molar-refractivity contribution in [2.75, 3.05) is 31.6 Å². The Balaban J connectivity index is 1.23. The Labute approximate surface area is 203 Å². The van der Waals surface area contributed by atoms with Crippen LogP contribution < -0.4 is 4.90 Å². The first-order valence-electron chi connectivity index (χ1n) is 12.8. The molecule has 5 rings (SSSR count). The van der Waals surface area contributed by atoms with E-state index in [-0.39, 0.29) is 6.10 Å². The Morgan fingerprint density at radius 2 is 1.94 bits per heavy atom. The van der Waals surface area contributed by atoms with Crippen LogP contribution in [-0.2, 0) is 17.8 Å². The Morgan fingerprint density at radius 1 is 1.06 bits per heavy atom. The van der Waals surface area contributed by atoms with Crippen molar-refractivity contribution in [3.05, 3.63) is 65.9 Å². The predicted octanol–water partition coefficient (Wildman–Crippen LogP) is 4.92. The molecule has 6 nitrogen and oxygen atoms in total. The number of hydrogen-bond acceptors (Lipinski definition) is 5. The molecular weight excluding hydrogens is 422 g/mol. The average molecular weight is 460 g/mol. The summed E-state index contributed by atoms with van der Waals surface area (Å²) in [6.07, 6.45) is 8.33. The van der Waals surface area contributed by atoms with Crippen molar-refractivity contribution in [3.63, 3.8) is 0 Å². The third-order valence-corrected chi connectivity index (χ3v) is 7.35. The predicted molar refractivity (Wildman–Crippen MR) is 137 cm³/mol. The summed E-state index contributed by atoms with van der Waals surface area (Å²) in [4.78, 5) is 5.06. The van der Waals surface area contributed by atoms with Crippen molar-refractivity contribution in [2.45, 2.75) is 64.3 Å². The van der Waals surface area contributed by atoms with E-state index in [9.17, 15) is 0 Å². The maximum absolute atomic E-state index is 5.86. The lowest BCUT2D eigenvalue weighted by Crippen LogP contribution is -2.46. The Kier molecular flexibility index (Phi) is 7.26. The fraction of sp³-hybridized carbons (Fsp3) is 0.500. The monoisotopic (exact) mass is 459 g/mol. The number of benzene rings is 2. The van der Waals surface area contributed by atoms with Crippen LogP contribution in [0.5, 0.6) is 0 Å². The van der Waals surface area contributed by atoms with Gasteiger partial charge in [-0.25, -0.2) is 4.68 Å². The minimum absolute atomic E-state index is 0.263. The largest absolute Gasteiger partial charge is 0.376 e. The zero-order valence-electron chi connectivity index (χ0n) is 20.6. The summed E-state index contributed by atoms with van der Waals surface area (Å²) in [5, 5.41) is 8.84. The van der Waals surface area contributed by atoms with Gasteiger partial charge < -0.3 is 9.64 Å². The molecule has 0 spiro atoms. The van der Waals surface area contributed by atoms with E-state index >= 15 is 0 Å². The van der Waals surface area contributed by atoms with Gasteiger partial charge in [-0.3, -0.25) is 4.90 Å². The highest BCUT2D eigenvalue weighted by atomic mass is 16.5. The first kappa shape index (κ1) is 23.1. The number of ether oxygens (including phenoxy) is 1. The van der Waals surface area contributed by atoms with Gasteiger partial charge in [0.1, 0.15) is 5.69 Å². The van der Waals surface area contributed by atoms with Crippen LogP contribution in [0, 0.1) is 6.92 Å². The second-order valence-corrected chi connectivity index (χ2v) is 9.96. The normalized spacial score (nSPS) is 21.2. The number of piperidine rings is 1. The molecule has 2 atom stereocenters. The lowest BCUT2D eigenvalue weighted by molar-refractivity contribution is 0.00370. The topological polar surface area (TPSA) is 46.4 Å². The smallest absolute Gasteiger partial charge is 0.113 e. The van der Waals surface area contributed by atoms with Crippen LogP contribution in [0.15, 0.2) is 54.7 Å². The summed E-state index contributed by atoms with van der Waals surface area (Å²) in [5.74, 6) is 0. The molecule has 3 heterocycles.